The van der Waals surface area contributed by atoms with Gasteiger partial charge in [-0.25, -0.2) is 0 Å². The highest BCUT2D eigenvalue weighted by atomic mass is 16.5. The molecule has 1 saturated heterocycles. The van der Waals surface area contributed by atoms with Gasteiger partial charge in [-0.15, -0.1) is 10.2 Å². The van der Waals surface area contributed by atoms with E-state index in [9.17, 15) is 9.59 Å². The first-order valence-electron chi connectivity index (χ1n) is 11.3. The molecule has 0 radical (unpaired) electrons. The Hall–Kier alpha value is -3.20. The highest BCUT2D eigenvalue weighted by Gasteiger charge is 2.23. The lowest BCUT2D eigenvalue weighted by molar-refractivity contribution is -0.139. The van der Waals surface area contributed by atoms with E-state index in [1.165, 1.54) is 6.92 Å². The summed E-state index contributed by atoms with van der Waals surface area (Å²) in [7, 11) is 5.55. The van der Waals surface area contributed by atoms with E-state index in [-0.39, 0.29) is 18.4 Å². The number of rotatable bonds is 8. The molecule has 9 nitrogen and oxygen atoms in total. The van der Waals surface area contributed by atoms with E-state index < -0.39 is 0 Å². The molecule has 178 valence electrons. The third-order valence-electron chi connectivity index (χ3n) is 5.80. The van der Waals surface area contributed by atoms with E-state index in [1.807, 2.05) is 60.3 Å². The summed E-state index contributed by atoms with van der Waals surface area (Å²) < 4.78 is 5.20. The van der Waals surface area contributed by atoms with E-state index in [0.29, 0.717) is 26.2 Å². The van der Waals surface area contributed by atoms with Gasteiger partial charge in [-0.1, -0.05) is 0 Å². The van der Waals surface area contributed by atoms with Crippen LogP contribution in [0.2, 0.25) is 0 Å². The number of hydrogen-bond acceptors (Lipinski definition) is 7. The fourth-order valence-electron chi connectivity index (χ4n) is 3.74. The average molecular weight is 455 g/mol. The van der Waals surface area contributed by atoms with Gasteiger partial charge >= 0.3 is 0 Å². The topological polar surface area (TPSA) is 82.1 Å². The van der Waals surface area contributed by atoms with Crippen molar-refractivity contribution < 1.29 is 14.3 Å². The zero-order valence-corrected chi connectivity index (χ0v) is 20.0. The van der Waals surface area contributed by atoms with Crippen molar-refractivity contribution in [2.45, 2.75) is 13.3 Å². The molecular weight excluding hydrogens is 420 g/mol. The van der Waals surface area contributed by atoms with Crippen molar-refractivity contribution in [3.05, 3.63) is 36.4 Å². The lowest BCUT2D eigenvalue weighted by Gasteiger charge is -2.27. The Kier molecular flexibility index (Phi) is 8.59. The number of anilines is 1. The molecule has 0 aliphatic carbocycles. The second-order valence-corrected chi connectivity index (χ2v) is 8.47. The van der Waals surface area contributed by atoms with Crippen molar-refractivity contribution in [1.29, 1.82) is 0 Å². The molecule has 1 aliphatic rings. The first kappa shape index (κ1) is 24.4. The minimum Gasteiger partial charge on any atom is -0.497 e. The van der Waals surface area contributed by atoms with E-state index in [4.69, 9.17) is 4.74 Å². The van der Waals surface area contributed by atoms with Crippen molar-refractivity contribution in [3.8, 4) is 17.0 Å². The summed E-state index contributed by atoms with van der Waals surface area (Å²) in [5.74, 6) is 1.52. The van der Waals surface area contributed by atoms with Gasteiger partial charge in [0.05, 0.1) is 19.3 Å². The molecule has 1 aromatic carbocycles. The van der Waals surface area contributed by atoms with Crippen molar-refractivity contribution in [1.82, 2.24) is 24.9 Å². The van der Waals surface area contributed by atoms with Crippen LogP contribution in [0.4, 0.5) is 5.82 Å². The summed E-state index contributed by atoms with van der Waals surface area (Å²) in [6.07, 6.45) is 0.839. The van der Waals surface area contributed by atoms with Gasteiger partial charge in [-0.2, -0.15) is 0 Å². The summed E-state index contributed by atoms with van der Waals surface area (Å²) in [5.41, 5.74) is 1.78. The SMILES string of the molecule is COc1ccc(-c2ccc(N3CCCN(C(=O)CN(CCN(C)C)C(C)=O)CC3)nn2)cc1. The number of nitrogens with zero attached hydrogens (tertiary/aromatic N) is 6. The van der Waals surface area contributed by atoms with E-state index in [2.05, 4.69) is 15.1 Å². The van der Waals surface area contributed by atoms with Crippen LogP contribution in [-0.4, -0.2) is 104 Å². The third kappa shape index (κ3) is 6.89. The minimum absolute atomic E-state index is 0.00764. The fourth-order valence-corrected chi connectivity index (χ4v) is 3.74. The number of hydrogen-bond donors (Lipinski definition) is 0. The molecular formula is C24H34N6O3. The molecule has 0 bridgehead atoms. The molecule has 3 rings (SSSR count). The number of likely N-dealkylation sites (N-methyl/N-ethyl adjacent to an activating group) is 1. The van der Waals surface area contributed by atoms with Gasteiger partial charge in [0.2, 0.25) is 11.8 Å². The van der Waals surface area contributed by atoms with Gasteiger partial charge < -0.3 is 24.3 Å². The zero-order valence-electron chi connectivity index (χ0n) is 20.0. The molecule has 0 spiro atoms. The molecule has 1 aromatic heterocycles. The van der Waals surface area contributed by atoms with Gasteiger partial charge in [0.15, 0.2) is 5.82 Å². The standard InChI is InChI=1S/C24H34N6O3/c1-19(31)30(15-14-27(2)3)18-24(32)29-13-5-12-28(16-17-29)23-11-10-22(25-26-23)20-6-8-21(33-4)9-7-20/h6-11H,5,12-18H2,1-4H3. The molecule has 9 heteroatoms. The number of methoxy groups -OCH3 is 1. The van der Waals surface area contributed by atoms with E-state index in [1.54, 1.807) is 12.0 Å². The average Bonchev–Trinajstić information content (AvgIpc) is 3.08. The molecule has 0 saturated carbocycles. The maximum atomic E-state index is 12.9. The maximum Gasteiger partial charge on any atom is 0.242 e. The Balaban J connectivity index is 1.57. The number of benzene rings is 1. The number of carbonyl (C=O) groups is 2. The molecule has 1 fully saturated rings. The quantitative estimate of drug-likeness (QED) is 0.599. The summed E-state index contributed by atoms with van der Waals surface area (Å²) in [6.45, 7) is 5.67. The summed E-state index contributed by atoms with van der Waals surface area (Å²) in [4.78, 5) is 32.4. The molecule has 0 atom stereocenters. The normalized spacial score (nSPS) is 14.2. The summed E-state index contributed by atoms with van der Waals surface area (Å²) in [6, 6.07) is 11.7. The molecule has 2 amide bonds. The Morgan fingerprint density at radius 3 is 2.33 bits per heavy atom. The van der Waals surface area contributed by atoms with Crippen LogP contribution in [0.3, 0.4) is 0 Å². The predicted molar refractivity (Wildman–Crippen MR) is 128 cm³/mol. The van der Waals surface area contributed by atoms with Crippen LogP contribution in [0.1, 0.15) is 13.3 Å². The zero-order chi connectivity index (χ0) is 23.8. The molecule has 2 heterocycles. The number of carbonyl (C=O) groups excluding carboxylic acids is 2. The number of amides is 2. The number of aromatic nitrogens is 2. The van der Waals surface area contributed by atoms with Crippen molar-refractivity contribution in [2.75, 3.05) is 71.9 Å². The largest absolute Gasteiger partial charge is 0.497 e. The van der Waals surface area contributed by atoms with Crippen LogP contribution in [0.15, 0.2) is 36.4 Å². The van der Waals surface area contributed by atoms with Gasteiger partial charge in [0, 0.05) is 51.8 Å². The summed E-state index contributed by atoms with van der Waals surface area (Å²) in [5, 5.41) is 8.83. The molecule has 33 heavy (non-hydrogen) atoms. The second-order valence-electron chi connectivity index (χ2n) is 8.47. The van der Waals surface area contributed by atoms with Gasteiger partial charge in [-0.05, 0) is 56.9 Å². The minimum atomic E-state index is -0.0751. The van der Waals surface area contributed by atoms with E-state index in [0.717, 1.165) is 42.3 Å². The van der Waals surface area contributed by atoms with Crippen LogP contribution in [0, 0.1) is 0 Å². The smallest absolute Gasteiger partial charge is 0.242 e. The number of ether oxygens (including phenoxy) is 1. The van der Waals surface area contributed by atoms with Crippen LogP contribution in [0.5, 0.6) is 5.75 Å². The highest BCUT2D eigenvalue weighted by molar-refractivity contribution is 5.84. The van der Waals surface area contributed by atoms with Crippen LogP contribution in [0.25, 0.3) is 11.3 Å². The molecule has 2 aromatic rings. The predicted octanol–water partition coefficient (Wildman–Crippen LogP) is 1.60. The Bertz CT molecular complexity index is 917. The van der Waals surface area contributed by atoms with Gasteiger partial charge in [0.1, 0.15) is 5.75 Å². The molecule has 0 unspecified atom stereocenters. The Labute approximate surface area is 195 Å². The van der Waals surface area contributed by atoms with Crippen molar-refractivity contribution in [2.24, 2.45) is 0 Å². The Morgan fingerprint density at radius 1 is 0.970 bits per heavy atom. The first-order valence-corrected chi connectivity index (χ1v) is 11.3. The van der Waals surface area contributed by atoms with Crippen LogP contribution < -0.4 is 9.64 Å². The van der Waals surface area contributed by atoms with Gasteiger partial charge in [0.25, 0.3) is 0 Å². The van der Waals surface area contributed by atoms with E-state index >= 15 is 0 Å². The molecule has 1 aliphatic heterocycles. The van der Waals surface area contributed by atoms with Crippen LogP contribution >= 0.6 is 0 Å². The second kappa shape index (κ2) is 11.6. The first-order chi connectivity index (χ1) is 15.9. The van der Waals surface area contributed by atoms with Gasteiger partial charge in [-0.3, -0.25) is 9.59 Å². The lowest BCUT2D eigenvalue weighted by Crippen LogP contribution is -2.45. The third-order valence-corrected chi connectivity index (χ3v) is 5.80. The lowest BCUT2D eigenvalue weighted by atomic mass is 10.1. The summed E-state index contributed by atoms with van der Waals surface area (Å²) >= 11 is 0. The Morgan fingerprint density at radius 2 is 1.73 bits per heavy atom. The van der Waals surface area contributed by atoms with Crippen LogP contribution in [-0.2, 0) is 9.59 Å². The fraction of sp³-hybridized carbons (Fsp3) is 0.500. The molecule has 0 N–H and O–H groups in total. The highest BCUT2D eigenvalue weighted by Crippen LogP contribution is 2.22. The van der Waals surface area contributed by atoms with Crippen molar-refractivity contribution >= 4 is 17.6 Å². The maximum absolute atomic E-state index is 12.9. The monoisotopic (exact) mass is 454 g/mol. The van der Waals surface area contributed by atoms with Crippen molar-refractivity contribution in [3.63, 3.8) is 0 Å².